The van der Waals surface area contributed by atoms with Crippen molar-refractivity contribution in [2.75, 3.05) is 13.7 Å². The maximum atomic E-state index is 13.5. The molecule has 0 aliphatic heterocycles. The van der Waals surface area contributed by atoms with Crippen LogP contribution in [0.25, 0.3) is 0 Å². The zero-order valence-corrected chi connectivity index (χ0v) is 28.1. The van der Waals surface area contributed by atoms with E-state index < -0.39 is 46.1 Å². The Morgan fingerprint density at radius 3 is 2.23 bits per heavy atom. The molecule has 1 aliphatic rings. The zero-order valence-electron chi connectivity index (χ0n) is 26.1. The third kappa shape index (κ3) is 6.49. The summed E-state index contributed by atoms with van der Waals surface area (Å²) in [6, 6.07) is 9.40. The van der Waals surface area contributed by atoms with E-state index in [4.69, 9.17) is 23.1 Å². The van der Waals surface area contributed by atoms with E-state index in [-0.39, 0.29) is 18.3 Å². The van der Waals surface area contributed by atoms with Crippen LogP contribution in [0.1, 0.15) is 45.7 Å². The summed E-state index contributed by atoms with van der Waals surface area (Å²) in [5.74, 6) is -0.757. The van der Waals surface area contributed by atoms with Gasteiger partial charge in [-0.25, -0.2) is 0 Å². The lowest BCUT2D eigenvalue weighted by molar-refractivity contribution is -0.194. The van der Waals surface area contributed by atoms with Crippen molar-refractivity contribution in [3.8, 4) is 5.75 Å². The number of rotatable bonds is 10. The third-order valence-corrected chi connectivity index (χ3v) is 14.4. The van der Waals surface area contributed by atoms with Crippen LogP contribution in [0, 0.1) is 5.92 Å². The highest BCUT2D eigenvalue weighted by atomic mass is 28.4. The first-order chi connectivity index (χ1) is 18.5. The van der Waals surface area contributed by atoms with Gasteiger partial charge in [0.05, 0.1) is 38.1 Å². The van der Waals surface area contributed by atoms with Crippen LogP contribution in [0.4, 0.5) is 0 Å². The normalized spacial score (nSPS) is 24.0. The number of hydrogen-bond acceptors (Lipinski definition) is 7. The maximum absolute atomic E-state index is 13.5. The van der Waals surface area contributed by atoms with E-state index in [9.17, 15) is 9.90 Å². The molecule has 1 unspecified atom stereocenters. The minimum absolute atomic E-state index is 0.0803. The number of carbonyl (C=O) groups excluding carboxylic acids is 1. The van der Waals surface area contributed by atoms with E-state index in [0.29, 0.717) is 5.56 Å². The second-order valence-corrected chi connectivity index (χ2v) is 23.0. The number of methoxy groups -OCH3 is 1. The van der Waals surface area contributed by atoms with E-state index in [1.807, 2.05) is 37.3 Å². The summed E-state index contributed by atoms with van der Waals surface area (Å²) in [7, 11) is -2.79. The van der Waals surface area contributed by atoms with E-state index in [2.05, 4.69) is 53.5 Å². The Hall–Kier alpha value is -2.18. The molecule has 3 rings (SSSR count). The molecular formula is C31H48O7Si2. The summed E-state index contributed by atoms with van der Waals surface area (Å²) in [4.78, 5) is 13.5. The minimum atomic E-state index is -2.34. The molecule has 4 atom stereocenters. The van der Waals surface area contributed by atoms with Gasteiger partial charge in [-0.15, -0.1) is 0 Å². The van der Waals surface area contributed by atoms with Crippen LogP contribution < -0.4 is 10.1 Å². The molecule has 40 heavy (non-hydrogen) atoms. The Morgan fingerprint density at radius 1 is 1.07 bits per heavy atom. The molecule has 222 valence electrons. The van der Waals surface area contributed by atoms with Gasteiger partial charge in [-0.05, 0) is 61.3 Å². The molecule has 1 heterocycles. The largest absolute Gasteiger partial charge is 0.497 e. The molecule has 1 N–H and O–H groups in total. The van der Waals surface area contributed by atoms with Gasteiger partial charge >= 0.3 is 5.97 Å². The molecule has 0 amide bonds. The first kappa shape index (κ1) is 32.3. The van der Waals surface area contributed by atoms with Gasteiger partial charge in [0.25, 0.3) is 0 Å². The average molecular weight is 589 g/mol. The Balaban J connectivity index is 2.23. The van der Waals surface area contributed by atoms with Crippen molar-refractivity contribution in [2.45, 2.75) is 96.8 Å². The van der Waals surface area contributed by atoms with Gasteiger partial charge in [0.15, 0.2) is 8.32 Å². The number of hydrogen-bond donors (Lipinski definition) is 1. The summed E-state index contributed by atoms with van der Waals surface area (Å²) < 4.78 is 30.5. The molecule has 0 saturated carbocycles. The zero-order chi connectivity index (χ0) is 30.1. The van der Waals surface area contributed by atoms with Crippen molar-refractivity contribution in [1.29, 1.82) is 0 Å². The van der Waals surface area contributed by atoms with Crippen LogP contribution >= 0.6 is 0 Å². The highest BCUT2D eigenvalue weighted by Crippen LogP contribution is 2.47. The summed E-state index contributed by atoms with van der Waals surface area (Å²) in [6.45, 7) is 21.5. The Kier molecular flexibility index (Phi) is 9.68. The van der Waals surface area contributed by atoms with Crippen LogP contribution in [0.3, 0.4) is 0 Å². The smallest absolute Gasteiger partial charge is 0.316 e. The fourth-order valence-electron chi connectivity index (χ4n) is 4.91. The Morgan fingerprint density at radius 2 is 1.70 bits per heavy atom. The molecule has 0 radical (unpaired) electrons. The van der Waals surface area contributed by atoms with E-state index in [0.717, 1.165) is 22.3 Å². The number of esters is 1. The van der Waals surface area contributed by atoms with E-state index in [1.54, 1.807) is 26.4 Å². The predicted molar refractivity (Wildman–Crippen MR) is 163 cm³/mol. The lowest BCUT2D eigenvalue weighted by atomic mass is 9.70. The summed E-state index contributed by atoms with van der Waals surface area (Å²) >= 11 is 0. The molecule has 1 aromatic carbocycles. The predicted octanol–water partition coefficient (Wildman–Crippen LogP) is 6.14. The molecule has 2 aromatic rings. The molecule has 9 heteroatoms. The second-order valence-electron chi connectivity index (χ2n) is 13.3. The molecule has 7 nitrogen and oxygen atoms in total. The topological polar surface area (TPSA) is 87.4 Å². The van der Waals surface area contributed by atoms with Gasteiger partial charge in [0.1, 0.15) is 31.4 Å². The van der Waals surface area contributed by atoms with Gasteiger partial charge < -0.3 is 28.2 Å². The minimum Gasteiger partial charge on any atom is -0.497 e. The molecule has 0 bridgehead atoms. The van der Waals surface area contributed by atoms with E-state index >= 15 is 0 Å². The van der Waals surface area contributed by atoms with Crippen molar-refractivity contribution in [3.63, 3.8) is 0 Å². The van der Waals surface area contributed by atoms with Crippen molar-refractivity contribution in [1.82, 2.24) is 0 Å². The van der Waals surface area contributed by atoms with Crippen LogP contribution in [0.5, 0.6) is 5.75 Å². The van der Waals surface area contributed by atoms with Gasteiger partial charge in [-0.2, -0.15) is 0 Å². The van der Waals surface area contributed by atoms with Crippen molar-refractivity contribution < 1.29 is 33.0 Å². The summed E-state index contributed by atoms with van der Waals surface area (Å²) in [5.41, 5.74) is 0.530. The highest BCUT2D eigenvalue weighted by molar-refractivity contribution is 6.88. The van der Waals surface area contributed by atoms with Gasteiger partial charge in [-0.3, -0.25) is 4.79 Å². The molecule has 0 saturated heterocycles. The Bertz CT molecular complexity index is 1190. The molecule has 1 aliphatic carbocycles. The number of furan rings is 1. The molecule has 0 spiro atoms. The first-order valence-corrected chi connectivity index (χ1v) is 20.5. The van der Waals surface area contributed by atoms with Crippen LogP contribution in [0.15, 0.2) is 52.7 Å². The number of benzene rings is 1. The number of carbonyl (C=O) groups is 1. The molecule has 0 fully saturated rings. The first-order valence-electron chi connectivity index (χ1n) is 14.1. The van der Waals surface area contributed by atoms with Crippen LogP contribution in [0.2, 0.25) is 37.8 Å². The number of aliphatic hydroxyl groups is 1. The SMILES string of the molecule is CCOC(=O)[C@@H]1C=C(C)C(O[Si](C)(C)C(C)(C)C)[C@H](OCc2ccc(OC)cc2)[C@@]1(O)c1ccoc1[Si](C)(C)C. The second kappa shape index (κ2) is 12.0. The quantitative estimate of drug-likeness (QED) is 0.203. The lowest BCUT2D eigenvalue weighted by Crippen LogP contribution is -2.62. The third-order valence-electron chi connectivity index (χ3n) is 8.20. The standard InChI is InChI=1S/C31H48O7Si2/c1-12-35-28(32)25-19-21(2)26(38-40(10,11)30(3,4)5)27(37-20-22-13-15-23(34-6)16-14-22)31(25,33)24-17-18-36-29(24)39(7,8)9/h13-19,25-27,33H,12,20H2,1-11H3/t25-,26?,27-,31+/m0/s1. The summed E-state index contributed by atoms with van der Waals surface area (Å²) in [6.07, 6.45) is 1.91. The Labute approximate surface area is 242 Å². The van der Waals surface area contributed by atoms with Crippen molar-refractivity contribution >= 4 is 27.7 Å². The maximum Gasteiger partial charge on any atom is 0.316 e. The van der Waals surface area contributed by atoms with Crippen molar-refractivity contribution in [3.05, 3.63) is 59.4 Å². The van der Waals surface area contributed by atoms with Gasteiger partial charge in [0.2, 0.25) is 0 Å². The molecule has 1 aromatic heterocycles. The van der Waals surface area contributed by atoms with Crippen LogP contribution in [-0.4, -0.2) is 53.4 Å². The van der Waals surface area contributed by atoms with Gasteiger partial charge in [-0.1, -0.05) is 58.6 Å². The fraction of sp³-hybridized carbons (Fsp3) is 0.581. The highest BCUT2D eigenvalue weighted by Gasteiger charge is 2.59. The van der Waals surface area contributed by atoms with Crippen molar-refractivity contribution in [2.24, 2.45) is 5.92 Å². The van der Waals surface area contributed by atoms with Crippen LogP contribution in [-0.2, 0) is 30.9 Å². The number of ether oxygens (including phenoxy) is 3. The monoisotopic (exact) mass is 588 g/mol. The molecular weight excluding hydrogens is 541 g/mol. The lowest BCUT2D eigenvalue weighted by Gasteiger charge is -2.50. The van der Waals surface area contributed by atoms with E-state index in [1.165, 1.54) is 0 Å². The average Bonchev–Trinajstić information content (AvgIpc) is 3.37. The van der Waals surface area contributed by atoms with Gasteiger partial charge in [0, 0.05) is 5.56 Å². The summed E-state index contributed by atoms with van der Waals surface area (Å²) in [5, 5.41) is 13.6. The fourth-order valence-corrected chi connectivity index (χ4v) is 7.72.